The van der Waals surface area contributed by atoms with Crippen LogP contribution < -0.4 is 5.32 Å². The normalized spacial score (nSPS) is 15.4. The van der Waals surface area contributed by atoms with Crippen molar-refractivity contribution in [1.29, 1.82) is 0 Å². The average Bonchev–Trinajstić information content (AvgIpc) is 3.17. The van der Waals surface area contributed by atoms with Crippen LogP contribution in [0.2, 0.25) is 0 Å². The Bertz CT molecular complexity index is 603. The van der Waals surface area contributed by atoms with E-state index in [0.29, 0.717) is 18.3 Å². The van der Waals surface area contributed by atoms with Gasteiger partial charge < -0.3 is 5.32 Å². The van der Waals surface area contributed by atoms with E-state index in [1.165, 1.54) is 0 Å². The van der Waals surface area contributed by atoms with Crippen LogP contribution >= 0.6 is 11.3 Å². The molecule has 1 heterocycles. The third-order valence-electron chi connectivity index (χ3n) is 3.27. The third kappa shape index (κ3) is 4.04. The molecule has 1 aliphatic rings. The van der Waals surface area contributed by atoms with E-state index in [0.717, 1.165) is 34.6 Å². The summed E-state index contributed by atoms with van der Waals surface area (Å²) in [5.74, 6) is 0. The second kappa shape index (κ2) is 5.77. The zero-order chi connectivity index (χ0) is 14.9. The molecule has 1 aliphatic carbocycles. The number of hydrogen-bond acceptors (Lipinski definition) is 3. The average molecular weight is 312 g/mol. The molecule has 0 spiro atoms. The van der Waals surface area contributed by atoms with E-state index < -0.39 is 12.6 Å². The molecule has 0 atom stereocenters. The molecule has 0 bridgehead atoms. The first-order chi connectivity index (χ1) is 10.0. The van der Waals surface area contributed by atoms with Crippen LogP contribution in [0.3, 0.4) is 0 Å². The summed E-state index contributed by atoms with van der Waals surface area (Å²) in [6.07, 6.45) is -2.88. The van der Waals surface area contributed by atoms with Crippen molar-refractivity contribution in [3.05, 3.63) is 40.2 Å². The molecule has 1 saturated carbocycles. The maximum Gasteiger partial charge on any atom is 0.395 e. The summed E-state index contributed by atoms with van der Waals surface area (Å²) in [5, 5.41) is 3.48. The van der Waals surface area contributed by atoms with Crippen molar-refractivity contribution >= 4 is 11.3 Å². The zero-order valence-electron chi connectivity index (χ0n) is 11.3. The van der Waals surface area contributed by atoms with E-state index >= 15 is 0 Å². The molecule has 21 heavy (non-hydrogen) atoms. The summed E-state index contributed by atoms with van der Waals surface area (Å²) in [5.41, 5.74) is 1.54. The van der Waals surface area contributed by atoms with Crippen LogP contribution in [0, 0.1) is 0 Å². The van der Waals surface area contributed by atoms with E-state index in [-0.39, 0.29) is 5.01 Å². The number of nitrogens with one attached hydrogen (secondary N) is 1. The van der Waals surface area contributed by atoms with Crippen LogP contribution in [0.1, 0.15) is 22.7 Å². The highest BCUT2D eigenvalue weighted by atomic mass is 32.1. The highest BCUT2D eigenvalue weighted by Gasteiger charge is 2.30. The van der Waals surface area contributed by atoms with Crippen molar-refractivity contribution in [2.24, 2.45) is 0 Å². The molecule has 1 aromatic heterocycles. The Hall–Kier alpha value is -1.40. The number of nitrogens with zero attached hydrogens (tertiary/aromatic N) is 1. The SMILES string of the molecule is FC(F)(F)Cc1nc(-c2ccccc2)c(CNC2CC2)s1. The summed E-state index contributed by atoms with van der Waals surface area (Å²) in [4.78, 5) is 5.10. The highest BCUT2D eigenvalue weighted by molar-refractivity contribution is 7.12. The van der Waals surface area contributed by atoms with Crippen LogP contribution in [-0.2, 0) is 13.0 Å². The number of benzene rings is 1. The molecule has 1 fully saturated rings. The van der Waals surface area contributed by atoms with Gasteiger partial charge in [-0.3, -0.25) is 0 Å². The zero-order valence-corrected chi connectivity index (χ0v) is 12.1. The number of aromatic nitrogens is 1. The lowest BCUT2D eigenvalue weighted by Crippen LogP contribution is -2.14. The van der Waals surface area contributed by atoms with Crippen molar-refractivity contribution in [1.82, 2.24) is 10.3 Å². The maximum atomic E-state index is 12.6. The van der Waals surface area contributed by atoms with Gasteiger partial charge in [0.2, 0.25) is 0 Å². The number of rotatable bonds is 5. The van der Waals surface area contributed by atoms with Gasteiger partial charge in [0.05, 0.1) is 12.1 Å². The molecule has 2 aromatic rings. The van der Waals surface area contributed by atoms with E-state index in [2.05, 4.69) is 10.3 Å². The van der Waals surface area contributed by atoms with Gasteiger partial charge in [-0.05, 0) is 12.8 Å². The van der Waals surface area contributed by atoms with E-state index in [4.69, 9.17) is 0 Å². The van der Waals surface area contributed by atoms with Crippen molar-refractivity contribution in [3.63, 3.8) is 0 Å². The molecule has 0 radical (unpaired) electrons. The Kier molecular flexibility index (Phi) is 3.99. The maximum absolute atomic E-state index is 12.6. The van der Waals surface area contributed by atoms with Crippen LogP contribution in [0.4, 0.5) is 13.2 Å². The van der Waals surface area contributed by atoms with Crippen LogP contribution in [-0.4, -0.2) is 17.2 Å². The van der Waals surface area contributed by atoms with Crippen molar-refractivity contribution < 1.29 is 13.2 Å². The van der Waals surface area contributed by atoms with E-state index in [1.807, 2.05) is 30.3 Å². The van der Waals surface area contributed by atoms with Crippen molar-refractivity contribution in [2.45, 2.75) is 38.0 Å². The Morgan fingerprint density at radius 3 is 2.52 bits per heavy atom. The first-order valence-electron chi connectivity index (χ1n) is 6.85. The van der Waals surface area contributed by atoms with Gasteiger partial charge >= 0.3 is 6.18 Å². The molecule has 6 heteroatoms. The number of halogens is 3. The van der Waals surface area contributed by atoms with Gasteiger partial charge in [-0.15, -0.1) is 11.3 Å². The van der Waals surface area contributed by atoms with Gasteiger partial charge in [0.25, 0.3) is 0 Å². The molecule has 1 N–H and O–H groups in total. The van der Waals surface area contributed by atoms with E-state index in [1.54, 1.807) is 0 Å². The summed E-state index contributed by atoms with van der Waals surface area (Å²) < 4.78 is 37.7. The quantitative estimate of drug-likeness (QED) is 0.896. The summed E-state index contributed by atoms with van der Waals surface area (Å²) in [6, 6.07) is 9.91. The highest BCUT2D eigenvalue weighted by Crippen LogP contribution is 2.32. The predicted molar refractivity (Wildman–Crippen MR) is 77.2 cm³/mol. The second-order valence-corrected chi connectivity index (χ2v) is 6.36. The van der Waals surface area contributed by atoms with Crippen molar-refractivity contribution in [2.75, 3.05) is 0 Å². The topological polar surface area (TPSA) is 24.9 Å². The van der Waals surface area contributed by atoms with Crippen LogP contribution in [0.5, 0.6) is 0 Å². The molecule has 1 aromatic carbocycles. The molecule has 3 rings (SSSR count). The summed E-state index contributed by atoms with van der Waals surface area (Å²) in [6.45, 7) is 0.588. The lowest BCUT2D eigenvalue weighted by molar-refractivity contribution is -0.127. The first kappa shape index (κ1) is 14.5. The Labute approximate surface area is 125 Å². The van der Waals surface area contributed by atoms with Crippen LogP contribution in [0.15, 0.2) is 30.3 Å². The molecule has 2 nitrogen and oxygen atoms in total. The lowest BCUT2D eigenvalue weighted by atomic mass is 10.1. The van der Waals surface area contributed by atoms with Gasteiger partial charge in [0.15, 0.2) is 0 Å². The molecule has 0 unspecified atom stereocenters. The van der Waals surface area contributed by atoms with Gasteiger partial charge in [0, 0.05) is 23.0 Å². The number of alkyl halides is 3. The Morgan fingerprint density at radius 2 is 1.90 bits per heavy atom. The van der Waals surface area contributed by atoms with Crippen molar-refractivity contribution in [3.8, 4) is 11.3 Å². The molecular formula is C15H15F3N2S. The third-order valence-corrected chi connectivity index (χ3v) is 4.32. The second-order valence-electron chi connectivity index (χ2n) is 5.19. The summed E-state index contributed by atoms with van der Waals surface area (Å²) in [7, 11) is 0. The standard InChI is InChI=1S/C15H15F3N2S/c16-15(17,18)8-13-20-14(10-4-2-1-3-5-10)12(21-13)9-19-11-6-7-11/h1-5,11,19H,6-9H2. The van der Waals surface area contributed by atoms with E-state index in [9.17, 15) is 13.2 Å². The van der Waals surface area contributed by atoms with Gasteiger partial charge in [-0.2, -0.15) is 13.2 Å². The Balaban J connectivity index is 1.87. The fraction of sp³-hybridized carbons (Fsp3) is 0.400. The predicted octanol–water partition coefficient (Wildman–Crippen LogP) is 4.17. The minimum Gasteiger partial charge on any atom is -0.309 e. The lowest BCUT2D eigenvalue weighted by Gasteiger charge is -2.03. The molecule has 112 valence electrons. The molecule has 0 aliphatic heterocycles. The monoisotopic (exact) mass is 312 g/mol. The number of thiazole rings is 1. The Morgan fingerprint density at radius 1 is 1.19 bits per heavy atom. The van der Waals surface area contributed by atoms with Crippen LogP contribution in [0.25, 0.3) is 11.3 Å². The number of hydrogen-bond donors (Lipinski definition) is 1. The van der Waals surface area contributed by atoms with Gasteiger partial charge in [-0.25, -0.2) is 4.98 Å². The molecule has 0 saturated heterocycles. The summed E-state index contributed by atoms with van der Waals surface area (Å²) >= 11 is 1.16. The smallest absolute Gasteiger partial charge is 0.309 e. The molecular weight excluding hydrogens is 297 g/mol. The minimum atomic E-state index is -4.22. The fourth-order valence-electron chi connectivity index (χ4n) is 2.11. The fourth-order valence-corrected chi connectivity index (χ4v) is 3.19. The largest absolute Gasteiger partial charge is 0.395 e. The molecule has 0 amide bonds. The van der Waals surface area contributed by atoms with Gasteiger partial charge in [0.1, 0.15) is 5.01 Å². The van der Waals surface area contributed by atoms with Gasteiger partial charge in [-0.1, -0.05) is 30.3 Å². The first-order valence-corrected chi connectivity index (χ1v) is 7.67. The minimum absolute atomic E-state index is 0.133.